The van der Waals surface area contributed by atoms with Crippen LogP contribution in [0.1, 0.15) is 26.2 Å². The van der Waals surface area contributed by atoms with Crippen molar-refractivity contribution in [3.05, 3.63) is 18.3 Å². The van der Waals surface area contributed by atoms with Crippen molar-refractivity contribution in [2.45, 2.75) is 31.8 Å². The number of aromatic nitrogens is 1. The van der Waals surface area contributed by atoms with Crippen molar-refractivity contribution in [1.29, 1.82) is 0 Å². The zero-order valence-electron chi connectivity index (χ0n) is 10.6. The van der Waals surface area contributed by atoms with Crippen LogP contribution in [0, 0.1) is 0 Å². The van der Waals surface area contributed by atoms with Crippen LogP contribution in [0.4, 0.5) is 11.5 Å². The molecular weight excluding hydrogens is 214 g/mol. The highest BCUT2D eigenvalue weighted by molar-refractivity contribution is 5.52. The lowest BCUT2D eigenvalue weighted by Crippen LogP contribution is -2.45. The van der Waals surface area contributed by atoms with Gasteiger partial charge in [-0.3, -0.25) is 0 Å². The lowest BCUT2D eigenvalue weighted by Gasteiger charge is -2.40. The summed E-state index contributed by atoms with van der Waals surface area (Å²) >= 11 is 0. The highest BCUT2D eigenvalue weighted by atomic mass is 16.5. The van der Waals surface area contributed by atoms with Gasteiger partial charge in [0.2, 0.25) is 0 Å². The van der Waals surface area contributed by atoms with E-state index >= 15 is 0 Å². The summed E-state index contributed by atoms with van der Waals surface area (Å²) in [4.78, 5) is 4.25. The summed E-state index contributed by atoms with van der Waals surface area (Å²) in [6.45, 7) is 3.83. The maximum Gasteiger partial charge on any atom is 0.127 e. The first-order chi connectivity index (χ1) is 8.28. The number of nitrogens with one attached hydrogen (secondary N) is 2. The van der Waals surface area contributed by atoms with Crippen LogP contribution in [0.15, 0.2) is 18.3 Å². The SMILES string of the molecule is CCNc1cc(NCC2(OC)CCC2)ccn1. The van der Waals surface area contributed by atoms with E-state index in [-0.39, 0.29) is 5.60 Å². The van der Waals surface area contributed by atoms with Gasteiger partial charge in [-0.2, -0.15) is 0 Å². The molecule has 0 amide bonds. The van der Waals surface area contributed by atoms with Crippen molar-refractivity contribution in [2.75, 3.05) is 30.8 Å². The average Bonchev–Trinajstić information content (AvgIpc) is 2.29. The van der Waals surface area contributed by atoms with Gasteiger partial charge in [0.25, 0.3) is 0 Å². The van der Waals surface area contributed by atoms with Crippen molar-refractivity contribution >= 4 is 11.5 Å². The van der Waals surface area contributed by atoms with Crippen LogP contribution in [0.3, 0.4) is 0 Å². The Labute approximate surface area is 103 Å². The van der Waals surface area contributed by atoms with Gasteiger partial charge in [0, 0.05) is 38.1 Å². The summed E-state index contributed by atoms with van der Waals surface area (Å²) < 4.78 is 5.58. The number of ether oxygens (including phenoxy) is 1. The van der Waals surface area contributed by atoms with Crippen molar-refractivity contribution in [3.8, 4) is 0 Å². The molecule has 0 unspecified atom stereocenters. The van der Waals surface area contributed by atoms with Gasteiger partial charge in [0.05, 0.1) is 5.60 Å². The van der Waals surface area contributed by atoms with E-state index in [4.69, 9.17) is 4.74 Å². The molecule has 0 aromatic carbocycles. The molecular formula is C13H21N3O. The first-order valence-corrected chi connectivity index (χ1v) is 6.27. The normalized spacial score (nSPS) is 17.3. The van der Waals surface area contributed by atoms with Gasteiger partial charge in [-0.05, 0) is 32.3 Å². The van der Waals surface area contributed by atoms with E-state index in [2.05, 4.69) is 22.5 Å². The van der Waals surface area contributed by atoms with Gasteiger partial charge in [0.1, 0.15) is 5.82 Å². The van der Waals surface area contributed by atoms with E-state index in [0.717, 1.165) is 37.4 Å². The Hall–Kier alpha value is -1.29. The Balaban J connectivity index is 1.92. The van der Waals surface area contributed by atoms with Gasteiger partial charge in [0.15, 0.2) is 0 Å². The number of methoxy groups -OCH3 is 1. The fraction of sp³-hybridized carbons (Fsp3) is 0.615. The van der Waals surface area contributed by atoms with Crippen molar-refractivity contribution in [2.24, 2.45) is 0 Å². The molecule has 2 rings (SSSR count). The molecule has 0 radical (unpaired) electrons. The van der Waals surface area contributed by atoms with Crippen LogP contribution in [-0.4, -0.2) is 30.8 Å². The van der Waals surface area contributed by atoms with E-state index in [0.29, 0.717) is 0 Å². The molecule has 0 bridgehead atoms. The Kier molecular flexibility index (Phi) is 3.84. The number of anilines is 2. The second kappa shape index (κ2) is 5.36. The Bertz CT molecular complexity index is 358. The zero-order chi connectivity index (χ0) is 12.1. The van der Waals surface area contributed by atoms with Gasteiger partial charge < -0.3 is 15.4 Å². The molecule has 1 aliphatic rings. The molecule has 2 N–H and O–H groups in total. The third-order valence-corrected chi connectivity index (χ3v) is 3.43. The van der Waals surface area contributed by atoms with E-state index < -0.39 is 0 Å². The third-order valence-electron chi connectivity index (χ3n) is 3.43. The van der Waals surface area contributed by atoms with Gasteiger partial charge in [-0.15, -0.1) is 0 Å². The Morgan fingerprint density at radius 1 is 1.41 bits per heavy atom. The van der Waals surface area contributed by atoms with Gasteiger partial charge in [-0.1, -0.05) is 0 Å². The summed E-state index contributed by atoms with van der Waals surface area (Å²) in [6.07, 6.45) is 5.40. The minimum atomic E-state index is 0.0572. The average molecular weight is 235 g/mol. The van der Waals surface area contributed by atoms with Crippen LogP contribution < -0.4 is 10.6 Å². The Morgan fingerprint density at radius 2 is 2.24 bits per heavy atom. The summed E-state index contributed by atoms with van der Waals surface area (Å²) in [5, 5.41) is 6.64. The fourth-order valence-electron chi connectivity index (χ4n) is 2.11. The molecule has 1 heterocycles. The smallest absolute Gasteiger partial charge is 0.127 e. The van der Waals surface area contributed by atoms with Crippen molar-refractivity contribution in [1.82, 2.24) is 4.98 Å². The van der Waals surface area contributed by atoms with Crippen LogP contribution in [-0.2, 0) is 4.74 Å². The summed E-state index contributed by atoms with van der Waals surface area (Å²) in [6, 6.07) is 4.02. The number of nitrogens with zero attached hydrogens (tertiary/aromatic N) is 1. The molecule has 17 heavy (non-hydrogen) atoms. The quantitative estimate of drug-likeness (QED) is 0.795. The number of pyridine rings is 1. The molecule has 1 aromatic heterocycles. The number of hydrogen-bond acceptors (Lipinski definition) is 4. The van der Waals surface area contributed by atoms with Crippen molar-refractivity contribution < 1.29 is 4.74 Å². The molecule has 1 aromatic rings. The topological polar surface area (TPSA) is 46.2 Å². The molecule has 4 heteroatoms. The molecule has 0 aliphatic heterocycles. The van der Waals surface area contributed by atoms with Crippen LogP contribution in [0.2, 0.25) is 0 Å². The minimum Gasteiger partial charge on any atom is -0.382 e. The van der Waals surface area contributed by atoms with Crippen LogP contribution >= 0.6 is 0 Å². The minimum absolute atomic E-state index is 0.0572. The standard InChI is InChI=1S/C13H21N3O/c1-3-14-12-9-11(5-8-15-12)16-10-13(17-2)6-4-7-13/h5,8-9H,3-4,6-7,10H2,1-2H3,(H2,14,15,16). The second-order valence-corrected chi connectivity index (χ2v) is 4.55. The van der Waals surface area contributed by atoms with E-state index in [1.807, 2.05) is 18.3 Å². The van der Waals surface area contributed by atoms with E-state index in [1.54, 1.807) is 7.11 Å². The molecule has 0 atom stereocenters. The van der Waals surface area contributed by atoms with Crippen molar-refractivity contribution in [3.63, 3.8) is 0 Å². The predicted octanol–water partition coefficient (Wildman–Crippen LogP) is 2.49. The van der Waals surface area contributed by atoms with Gasteiger partial charge >= 0.3 is 0 Å². The molecule has 0 saturated heterocycles. The third kappa shape index (κ3) is 2.88. The predicted molar refractivity (Wildman–Crippen MR) is 70.5 cm³/mol. The zero-order valence-corrected chi connectivity index (χ0v) is 10.6. The lowest BCUT2D eigenvalue weighted by atomic mass is 9.80. The maximum atomic E-state index is 5.58. The highest BCUT2D eigenvalue weighted by Gasteiger charge is 2.36. The molecule has 0 spiro atoms. The monoisotopic (exact) mass is 235 g/mol. The van der Waals surface area contributed by atoms with Crippen LogP contribution in [0.5, 0.6) is 0 Å². The Morgan fingerprint density at radius 3 is 2.82 bits per heavy atom. The number of hydrogen-bond donors (Lipinski definition) is 2. The van der Waals surface area contributed by atoms with E-state index in [1.165, 1.54) is 6.42 Å². The van der Waals surface area contributed by atoms with E-state index in [9.17, 15) is 0 Å². The molecule has 4 nitrogen and oxygen atoms in total. The van der Waals surface area contributed by atoms with Crippen LogP contribution in [0.25, 0.3) is 0 Å². The second-order valence-electron chi connectivity index (χ2n) is 4.55. The molecule has 94 valence electrons. The lowest BCUT2D eigenvalue weighted by molar-refractivity contribution is -0.0601. The summed E-state index contributed by atoms with van der Waals surface area (Å²) in [5.41, 5.74) is 1.15. The summed E-state index contributed by atoms with van der Waals surface area (Å²) in [5.74, 6) is 0.914. The maximum absolute atomic E-state index is 5.58. The van der Waals surface area contributed by atoms with Gasteiger partial charge in [-0.25, -0.2) is 4.98 Å². The largest absolute Gasteiger partial charge is 0.382 e. The first-order valence-electron chi connectivity index (χ1n) is 6.27. The molecule has 1 aliphatic carbocycles. The number of rotatable bonds is 6. The first kappa shape index (κ1) is 12.2. The highest BCUT2D eigenvalue weighted by Crippen LogP contribution is 2.35. The molecule has 1 fully saturated rings. The fourth-order valence-corrected chi connectivity index (χ4v) is 2.11. The summed E-state index contributed by atoms with van der Waals surface area (Å²) in [7, 11) is 1.80. The molecule has 1 saturated carbocycles.